The van der Waals surface area contributed by atoms with Crippen molar-refractivity contribution in [3.63, 3.8) is 0 Å². The Labute approximate surface area is 99.2 Å². The first-order chi connectivity index (χ1) is 7.49. The lowest BCUT2D eigenvalue weighted by Crippen LogP contribution is -2.46. The molecule has 0 saturated heterocycles. The summed E-state index contributed by atoms with van der Waals surface area (Å²) in [5, 5.41) is 22.9. The molecule has 4 nitrogen and oxygen atoms in total. The molecule has 4 heteroatoms. The summed E-state index contributed by atoms with van der Waals surface area (Å²) in [7, 11) is 1.87. The van der Waals surface area contributed by atoms with Gasteiger partial charge >= 0.3 is 0 Å². The van der Waals surface area contributed by atoms with Gasteiger partial charge in [-0.25, -0.2) is 0 Å². The Hall–Kier alpha value is -0.160. The van der Waals surface area contributed by atoms with Crippen molar-refractivity contribution in [1.82, 2.24) is 5.32 Å². The summed E-state index contributed by atoms with van der Waals surface area (Å²) in [6, 6.07) is 0.179. The Morgan fingerprint density at radius 3 is 2.12 bits per heavy atom. The molecule has 0 heterocycles. The number of aliphatic hydroxyl groups is 2. The van der Waals surface area contributed by atoms with Crippen molar-refractivity contribution in [1.29, 1.82) is 0 Å². The van der Waals surface area contributed by atoms with Gasteiger partial charge in [0.2, 0.25) is 0 Å². The van der Waals surface area contributed by atoms with Crippen molar-refractivity contribution in [2.24, 2.45) is 17.6 Å². The summed E-state index contributed by atoms with van der Waals surface area (Å²) in [5.74, 6) is 0.263. The molecule has 0 aliphatic rings. The van der Waals surface area contributed by atoms with Crippen molar-refractivity contribution in [3.8, 4) is 0 Å². The zero-order chi connectivity index (χ0) is 12.7. The van der Waals surface area contributed by atoms with Crippen LogP contribution in [0.15, 0.2) is 0 Å². The highest BCUT2D eigenvalue weighted by Gasteiger charge is 2.29. The summed E-state index contributed by atoms with van der Waals surface area (Å²) in [6.45, 7) is 6.56. The summed E-state index contributed by atoms with van der Waals surface area (Å²) >= 11 is 0. The van der Waals surface area contributed by atoms with Crippen molar-refractivity contribution < 1.29 is 10.2 Å². The molecule has 0 saturated carbocycles. The second-order valence-electron chi connectivity index (χ2n) is 4.70. The maximum absolute atomic E-state index is 10.0. The van der Waals surface area contributed by atoms with Crippen LogP contribution in [0, 0.1) is 11.8 Å². The van der Waals surface area contributed by atoms with Gasteiger partial charge in [-0.05, 0) is 25.3 Å². The number of likely N-dealkylation sites (N-methyl/N-ethyl adjacent to an activating group) is 1. The highest BCUT2D eigenvalue weighted by molar-refractivity contribution is 4.83. The molecule has 0 aliphatic carbocycles. The van der Waals surface area contributed by atoms with E-state index < -0.39 is 12.2 Å². The minimum Gasteiger partial charge on any atom is -0.390 e. The molecule has 0 fully saturated rings. The first kappa shape index (κ1) is 15.8. The van der Waals surface area contributed by atoms with E-state index in [1.165, 1.54) is 0 Å². The number of rotatable bonds is 8. The number of hydrogen-bond acceptors (Lipinski definition) is 4. The molecule has 0 radical (unpaired) electrons. The lowest BCUT2D eigenvalue weighted by Gasteiger charge is -2.33. The Bertz CT molecular complexity index is 174. The van der Waals surface area contributed by atoms with Gasteiger partial charge in [0.25, 0.3) is 0 Å². The van der Waals surface area contributed by atoms with E-state index in [1.807, 2.05) is 20.9 Å². The Balaban J connectivity index is 4.34. The molecule has 0 aromatic heterocycles. The van der Waals surface area contributed by atoms with E-state index in [2.05, 4.69) is 12.2 Å². The van der Waals surface area contributed by atoms with E-state index in [9.17, 15) is 10.2 Å². The molecule has 5 N–H and O–H groups in total. The second-order valence-corrected chi connectivity index (χ2v) is 4.70. The van der Waals surface area contributed by atoms with Crippen LogP contribution >= 0.6 is 0 Å². The van der Waals surface area contributed by atoms with Crippen molar-refractivity contribution in [2.45, 2.75) is 51.9 Å². The topological polar surface area (TPSA) is 78.5 Å². The van der Waals surface area contributed by atoms with Gasteiger partial charge in [0.05, 0.1) is 12.2 Å². The van der Waals surface area contributed by atoms with Crippen LogP contribution in [0.3, 0.4) is 0 Å². The standard InChI is InChI=1S/C12H28N2O2/c1-5-6-11(15)12(16)9(3)8(2)10(7-13)14-4/h8-12,14-16H,5-7,13H2,1-4H3. The summed E-state index contributed by atoms with van der Waals surface area (Å²) < 4.78 is 0. The number of nitrogens with one attached hydrogen (secondary N) is 1. The molecular formula is C12H28N2O2. The van der Waals surface area contributed by atoms with E-state index in [0.717, 1.165) is 6.42 Å². The van der Waals surface area contributed by atoms with Crippen molar-refractivity contribution >= 4 is 0 Å². The van der Waals surface area contributed by atoms with Crippen LogP contribution in [-0.4, -0.2) is 42.1 Å². The SMILES string of the molecule is CCCC(O)C(O)C(C)C(C)C(CN)NC. The second kappa shape index (κ2) is 8.01. The molecule has 98 valence electrons. The van der Waals surface area contributed by atoms with Crippen LogP contribution in [0.4, 0.5) is 0 Å². The summed E-state index contributed by atoms with van der Waals surface area (Å²) in [6.07, 6.45) is 0.228. The third-order valence-electron chi connectivity index (χ3n) is 3.61. The van der Waals surface area contributed by atoms with Gasteiger partial charge in [-0.1, -0.05) is 27.2 Å². The number of hydrogen-bond donors (Lipinski definition) is 4. The van der Waals surface area contributed by atoms with Gasteiger partial charge in [0.15, 0.2) is 0 Å². The zero-order valence-corrected chi connectivity index (χ0v) is 11.0. The lowest BCUT2D eigenvalue weighted by atomic mass is 9.82. The van der Waals surface area contributed by atoms with E-state index in [-0.39, 0.29) is 17.9 Å². The van der Waals surface area contributed by atoms with E-state index >= 15 is 0 Å². The van der Waals surface area contributed by atoms with E-state index in [4.69, 9.17) is 5.73 Å². The quantitative estimate of drug-likeness (QED) is 0.486. The van der Waals surface area contributed by atoms with Gasteiger partial charge in [-0.2, -0.15) is 0 Å². The van der Waals surface area contributed by atoms with Crippen LogP contribution in [0.1, 0.15) is 33.6 Å². The highest BCUT2D eigenvalue weighted by Crippen LogP contribution is 2.22. The fourth-order valence-corrected chi connectivity index (χ4v) is 2.09. The van der Waals surface area contributed by atoms with Gasteiger partial charge < -0.3 is 21.3 Å². The first-order valence-electron chi connectivity index (χ1n) is 6.22. The fraction of sp³-hybridized carbons (Fsp3) is 1.00. The lowest BCUT2D eigenvalue weighted by molar-refractivity contribution is -0.0339. The maximum atomic E-state index is 10.0. The fourth-order valence-electron chi connectivity index (χ4n) is 2.09. The predicted octanol–water partition coefficient (Wildman–Crippen LogP) is 0.327. The Morgan fingerprint density at radius 2 is 1.75 bits per heavy atom. The number of nitrogens with two attached hydrogens (primary N) is 1. The molecular weight excluding hydrogens is 204 g/mol. The van der Waals surface area contributed by atoms with Gasteiger partial charge in [-0.15, -0.1) is 0 Å². The maximum Gasteiger partial charge on any atom is 0.0827 e. The molecule has 5 unspecified atom stereocenters. The van der Waals surface area contributed by atoms with Crippen LogP contribution in [-0.2, 0) is 0 Å². The van der Waals surface area contributed by atoms with Gasteiger partial charge in [0.1, 0.15) is 0 Å². The first-order valence-corrected chi connectivity index (χ1v) is 6.22. The van der Waals surface area contributed by atoms with E-state index in [0.29, 0.717) is 13.0 Å². The zero-order valence-electron chi connectivity index (χ0n) is 11.0. The minimum atomic E-state index is -0.669. The van der Waals surface area contributed by atoms with Gasteiger partial charge in [0, 0.05) is 12.6 Å². The van der Waals surface area contributed by atoms with Crippen LogP contribution in [0.5, 0.6) is 0 Å². The smallest absolute Gasteiger partial charge is 0.0827 e. The molecule has 0 aromatic carbocycles. The average molecular weight is 232 g/mol. The van der Waals surface area contributed by atoms with Crippen molar-refractivity contribution in [3.05, 3.63) is 0 Å². The minimum absolute atomic E-state index is 0.0301. The third-order valence-corrected chi connectivity index (χ3v) is 3.61. The molecule has 0 aliphatic heterocycles. The molecule has 5 atom stereocenters. The highest BCUT2D eigenvalue weighted by atomic mass is 16.3. The largest absolute Gasteiger partial charge is 0.390 e. The summed E-state index contributed by atoms with van der Waals surface area (Å²) in [4.78, 5) is 0. The number of aliphatic hydroxyl groups excluding tert-OH is 2. The normalized spacial score (nSPS) is 21.2. The van der Waals surface area contributed by atoms with Gasteiger partial charge in [-0.3, -0.25) is 0 Å². The van der Waals surface area contributed by atoms with E-state index in [1.54, 1.807) is 0 Å². The third kappa shape index (κ3) is 4.37. The van der Waals surface area contributed by atoms with Crippen LogP contribution < -0.4 is 11.1 Å². The molecule has 0 rings (SSSR count). The predicted molar refractivity (Wildman–Crippen MR) is 67.2 cm³/mol. The molecule has 16 heavy (non-hydrogen) atoms. The Morgan fingerprint density at radius 1 is 1.19 bits per heavy atom. The van der Waals surface area contributed by atoms with Crippen LogP contribution in [0.25, 0.3) is 0 Å². The Kier molecular flexibility index (Phi) is 7.93. The monoisotopic (exact) mass is 232 g/mol. The summed E-state index contributed by atoms with van der Waals surface area (Å²) in [5.41, 5.74) is 5.65. The molecule has 0 aromatic rings. The van der Waals surface area contributed by atoms with Crippen molar-refractivity contribution in [2.75, 3.05) is 13.6 Å². The average Bonchev–Trinajstić information content (AvgIpc) is 2.28. The molecule has 0 amide bonds. The molecule has 0 bridgehead atoms. The molecule has 0 spiro atoms. The van der Waals surface area contributed by atoms with Crippen LogP contribution in [0.2, 0.25) is 0 Å².